The van der Waals surface area contributed by atoms with Crippen LogP contribution in [0.1, 0.15) is 25.0 Å². The summed E-state index contributed by atoms with van der Waals surface area (Å²) >= 11 is 0. The fourth-order valence-corrected chi connectivity index (χ4v) is 2.59. The average Bonchev–Trinajstić information content (AvgIpc) is 2.17. The summed E-state index contributed by atoms with van der Waals surface area (Å²) in [4.78, 5) is 0. The van der Waals surface area contributed by atoms with Gasteiger partial charge in [0.2, 0.25) is 0 Å². The third-order valence-corrected chi connectivity index (χ3v) is 3.91. The van der Waals surface area contributed by atoms with Crippen LogP contribution in [0.3, 0.4) is 0 Å². The number of aryl methyl sites for hydroxylation is 1. The molecule has 1 rings (SSSR count). The minimum absolute atomic E-state index is 0.169. The van der Waals surface area contributed by atoms with E-state index < -0.39 is 21.1 Å². The van der Waals surface area contributed by atoms with Gasteiger partial charge in [0.1, 0.15) is 0 Å². The summed E-state index contributed by atoms with van der Waals surface area (Å²) in [5.74, 6) is 0. The van der Waals surface area contributed by atoms with Crippen LogP contribution in [0.25, 0.3) is 0 Å². The molecule has 0 aromatic heterocycles. The molecule has 1 aromatic carbocycles. The first-order valence-corrected chi connectivity index (χ1v) is 7.07. The molecule has 3 nitrogen and oxygen atoms in total. The Bertz CT molecular complexity index is 533. The molecule has 0 aliphatic carbocycles. The van der Waals surface area contributed by atoms with Gasteiger partial charge in [-0.15, -0.1) is 0 Å². The van der Waals surface area contributed by atoms with E-state index in [-0.39, 0.29) is 6.42 Å². The predicted molar refractivity (Wildman–Crippen MR) is 67.1 cm³/mol. The van der Waals surface area contributed by atoms with Crippen LogP contribution >= 0.6 is 0 Å². The van der Waals surface area contributed by atoms with E-state index in [9.17, 15) is 21.6 Å². The van der Waals surface area contributed by atoms with Crippen LogP contribution in [0.2, 0.25) is 0 Å². The van der Waals surface area contributed by atoms with Gasteiger partial charge in [-0.2, -0.15) is 13.2 Å². The molecule has 0 heterocycles. The minimum atomic E-state index is -5.33. The van der Waals surface area contributed by atoms with Crippen LogP contribution in [0.4, 0.5) is 13.2 Å². The van der Waals surface area contributed by atoms with Gasteiger partial charge in [0, 0.05) is 5.54 Å². The van der Waals surface area contributed by atoms with Crippen molar-refractivity contribution in [3.05, 3.63) is 35.4 Å². The maximum Gasteiger partial charge on any atom is 0.511 e. The Morgan fingerprint density at radius 1 is 1.11 bits per heavy atom. The van der Waals surface area contributed by atoms with Crippen molar-refractivity contribution in [3.63, 3.8) is 0 Å². The van der Waals surface area contributed by atoms with Crippen molar-refractivity contribution in [2.24, 2.45) is 0 Å². The molecular formula is C12H16F3NO2S. The molecule has 0 saturated carbocycles. The highest BCUT2D eigenvalue weighted by Gasteiger charge is 2.48. The molecule has 0 radical (unpaired) electrons. The van der Waals surface area contributed by atoms with Crippen molar-refractivity contribution in [1.82, 2.24) is 4.72 Å². The van der Waals surface area contributed by atoms with E-state index in [1.807, 2.05) is 19.1 Å². The molecular weight excluding hydrogens is 279 g/mol. The molecule has 0 saturated heterocycles. The molecule has 0 atom stereocenters. The number of alkyl halides is 3. The molecule has 0 fully saturated rings. The maximum atomic E-state index is 12.3. The summed E-state index contributed by atoms with van der Waals surface area (Å²) in [6.45, 7) is 4.72. The number of sulfonamides is 1. The quantitative estimate of drug-likeness (QED) is 0.928. The first kappa shape index (κ1) is 16.0. The molecule has 108 valence electrons. The van der Waals surface area contributed by atoms with E-state index in [1.54, 1.807) is 16.9 Å². The number of benzene rings is 1. The summed E-state index contributed by atoms with van der Waals surface area (Å²) in [7, 11) is -5.33. The summed E-state index contributed by atoms with van der Waals surface area (Å²) in [6, 6.07) is 7.17. The molecule has 19 heavy (non-hydrogen) atoms. The fourth-order valence-electron chi connectivity index (χ4n) is 1.67. The first-order chi connectivity index (χ1) is 8.43. The third kappa shape index (κ3) is 4.50. The smallest absolute Gasteiger partial charge is 0.203 e. The van der Waals surface area contributed by atoms with Gasteiger partial charge in [0.05, 0.1) is 0 Å². The second kappa shape index (κ2) is 5.13. The van der Waals surface area contributed by atoms with Gasteiger partial charge < -0.3 is 0 Å². The predicted octanol–water partition coefficient (Wildman–Crippen LogP) is 2.76. The summed E-state index contributed by atoms with van der Waals surface area (Å²) < 4.78 is 60.7. The molecule has 0 aliphatic heterocycles. The molecule has 1 aromatic rings. The highest BCUT2D eigenvalue weighted by molar-refractivity contribution is 7.90. The zero-order chi connectivity index (χ0) is 14.9. The number of nitrogens with one attached hydrogen (secondary N) is 1. The lowest BCUT2D eigenvalue weighted by Gasteiger charge is -2.26. The number of hydrogen-bond donors (Lipinski definition) is 1. The highest BCUT2D eigenvalue weighted by atomic mass is 32.2. The molecule has 0 unspecified atom stereocenters. The Morgan fingerprint density at radius 2 is 1.58 bits per heavy atom. The Balaban J connectivity index is 2.85. The Hall–Kier alpha value is -1.08. The number of hydrogen-bond acceptors (Lipinski definition) is 2. The SMILES string of the molecule is Cc1ccc(CC(C)(C)NS(=O)(=O)C(F)(F)F)cc1. The largest absolute Gasteiger partial charge is 0.511 e. The highest BCUT2D eigenvalue weighted by Crippen LogP contribution is 2.25. The fraction of sp³-hybridized carbons (Fsp3) is 0.500. The van der Waals surface area contributed by atoms with Crippen LogP contribution in [-0.4, -0.2) is 19.5 Å². The van der Waals surface area contributed by atoms with Gasteiger partial charge >= 0.3 is 15.5 Å². The molecule has 0 amide bonds. The van der Waals surface area contributed by atoms with Crippen molar-refractivity contribution in [2.75, 3.05) is 0 Å². The van der Waals surface area contributed by atoms with E-state index >= 15 is 0 Å². The molecule has 7 heteroatoms. The minimum Gasteiger partial charge on any atom is -0.203 e. The van der Waals surface area contributed by atoms with Crippen molar-refractivity contribution >= 4 is 10.0 Å². The van der Waals surface area contributed by atoms with Crippen LogP contribution in [0.5, 0.6) is 0 Å². The normalized spacial score (nSPS) is 13.6. The third-order valence-electron chi connectivity index (χ3n) is 2.48. The number of halogens is 3. The zero-order valence-corrected chi connectivity index (χ0v) is 11.7. The van der Waals surface area contributed by atoms with Gasteiger partial charge in [-0.05, 0) is 32.8 Å². The standard InChI is InChI=1S/C12H16F3NO2S/c1-9-4-6-10(7-5-9)8-11(2,3)16-19(17,18)12(13,14)15/h4-7,16H,8H2,1-3H3. The molecule has 0 aliphatic rings. The summed E-state index contributed by atoms with van der Waals surface area (Å²) in [6.07, 6.45) is 0.169. The second-order valence-corrected chi connectivity index (χ2v) is 6.77. The van der Waals surface area contributed by atoms with Crippen molar-refractivity contribution < 1.29 is 21.6 Å². The van der Waals surface area contributed by atoms with Gasteiger partial charge in [0.15, 0.2) is 0 Å². The lowest BCUT2D eigenvalue weighted by atomic mass is 9.96. The lowest BCUT2D eigenvalue weighted by Crippen LogP contribution is -2.49. The first-order valence-electron chi connectivity index (χ1n) is 5.59. The van der Waals surface area contributed by atoms with Gasteiger partial charge in [-0.1, -0.05) is 29.8 Å². The van der Waals surface area contributed by atoms with Gasteiger partial charge in [0.25, 0.3) is 0 Å². The lowest BCUT2D eigenvalue weighted by molar-refractivity contribution is -0.0455. The van der Waals surface area contributed by atoms with Crippen molar-refractivity contribution in [3.8, 4) is 0 Å². The Morgan fingerprint density at radius 3 is 2.00 bits per heavy atom. The van der Waals surface area contributed by atoms with E-state index in [4.69, 9.17) is 0 Å². The average molecular weight is 295 g/mol. The van der Waals surface area contributed by atoms with E-state index in [0.717, 1.165) is 11.1 Å². The maximum absolute atomic E-state index is 12.3. The Labute approximate surface area is 110 Å². The van der Waals surface area contributed by atoms with E-state index in [1.165, 1.54) is 13.8 Å². The molecule has 0 bridgehead atoms. The van der Waals surface area contributed by atoms with E-state index in [0.29, 0.717) is 0 Å². The van der Waals surface area contributed by atoms with Crippen LogP contribution < -0.4 is 4.72 Å². The monoisotopic (exact) mass is 295 g/mol. The molecule has 0 spiro atoms. The van der Waals surface area contributed by atoms with Crippen molar-refractivity contribution in [1.29, 1.82) is 0 Å². The topological polar surface area (TPSA) is 46.2 Å². The second-order valence-electron chi connectivity index (χ2n) is 5.10. The summed E-state index contributed by atoms with van der Waals surface area (Å²) in [5.41, 5.74) is -4.72. The van der Waals surface area contributed by atoms with Crippen LogP contribution in [0, 0.1) is 6.92 Å². The Kier molecular flexibility index (Phi) is 4.31. The molecule has 1 N–H and O–H groups in total. The van der Waals surface area contributed by atoms with E-state index in [2.05, 4.69) is 0 Å². The summed E-state index contributed by atoms with van der Waals surface area (Å²) in [5, 5.41) is 0. The van der Waals surface area contributed by atoms with Gasteiger partial charge in [-0.3, -0.25) is 0 Å². The van der Waals surface area contributed by atoms with Crippen molar-refractivity contribution in [2.45, 2.75) is 38.2 Å². The van der Waals surface area contributed by atoms with Crippen LogP contribution in [0.15, 0.2) is 24.3 Å². The zero-order valence-electron chi connectivity index (χ0n) is 10.9. The van der Waals surface area contributed by atoms with Gasteiger partial charge in [-0.25, -0.2) is 13.1 Å². The number of rotatable bonds is 4. The van der Waals surface area contributed by atoms with Crippen LogP contribution in [-0.2, 0) is 16.4 Å².